The van der Waals surface area contributed by atoms with Crippen molar-refractivity contribution in [3.63, 3.8) is 0 Å². The summed E-state index contributed by atoms with van der Waals surface area (Å²) < 4.78 is 11.6. The number of hydrogen-bond acceptors (Lipinski definition) is 4. The third-order valence-electron chi connectivity index (χ3n) is 3.12. The van der Waals surface area contributed by atoms with Crippen molar-refractivity contribution in [2.45, 2.75) is 13.0 Å². The minimum atomic E-state index is 0.157. The fourth-order valence-corrected chi connectivity index (χ4v) is 2.48. The van der Waals surface area contributed by atoms with Gasteiger partial charge in [-0.3, -0.25) is 4.90 Å². The van der Waals surface area contributed by atoms with Crippen LogP contribution in [0.4, 0.5) is 0 Å². The molecule has 2 N–H and O–H groups in total. The first-order valence-corrected chi connectivity index (χ1v) is 6.70. The number of methoxy groups -OCH3 is 2. The first-order chi connectivity index (χ1) is 8.58. The second kappa shape index (κ2) is 6.97. The molecule has 5 heteroatoms. The van der Waals surface area contributed by atoms with Crippen molar-refractivity contribution in [2.75, 3.05) is 34.4 Å². The van der Waals surface area contributed by atoms with E-state index >= 15 is 0 Å². The van der Waals surface area contributed by atoms with Gasteiger partial charge < -0.3 is 15.2 Å². The molecule has 1 unspecified atom stereocenters. The van der Waals surface area contributed by atoms with Gasteiger partial charge in [0.1, 0.15) is 0 Å². The molecule has 1 atom stereocenters. The molecule has 0 heterocycles. The molecule has 0 fully saturated rings. The van der Waals surface area contributed by atoms with Crippen LogP contribution in [0.25, 0.3) is 0 Å². The van der Waals surface area contributed by atoms with Crippen LogP contribution in [-0.4, -0.2) is 39.3 Å². The zero-order valence-corrected chi connectivity index (χ0v) is 13.0. The van der Waals surface area contributed by atoms with Gasteiger partial charge in [-0.25, -0.2) is 0 Å². The number of hydrogen-bond donors (Lipinski definition) is 1. The Balaban J connectivity index is 3.22. The van der Waals surface area contributed by atoms with E-state index in [1.54, 1.807) is 14.2 Å². The van der Waals surface area contributed by atoms with Gasteiger partial charge in [0.15, 0.2) is 11.5 Å². The highest BCUT2D eigenvalue weighted by Gasteiger charge is 2.19. The van der Waals surface area contributed by atoms with Gasteiger partial charge in [0.2, 0.25) is 0 Å². The Hall–Kier alpha value is -0.780. The molecule has 1 rings (SSSR count). The lowest BCUT2D eigenvalue weighted by Gasteiger charge is -2.27. The van der Waals surface area contributed by atoms with E-state index in [-0.39, 0.29) is 6.04 Å². The Labute approximate surface area is 117 Å². The topological polar surface area (TPSA) is 47.7 Å². The normalized spacial score (nSPS) is 12.6. The number of likely N-dealkylation sites (N-methyl/N-ethyl adjacent to an activating group) is 1. The monoisotopic (exact) mass is 316 g/mol. The van der Waals surface area contributed by atoms with Crippen LogP contribution < -0.4 is 15.2 Å². The van der Waals surface area contributed by atoms with E-state index in [9.17, 15) is 0 Å². The molecule has 1 aromatic rings. The van der Waals surface area contributed by atoms with Crippen LogP contribution in [0.2, 0.25) is 0 Å². The number of benzene rings is 1. The molecule has 1 aromatic carbocycles. The van der Waals surface area contributed by atoms with E-state index in [4.69, 9.17) is 15.2 Å². The van der Waals surface area contributed by atoms with Crippen molar-refractivity contribution in [1.82, 2.24) is 4.90 Å². The van der Waals surface area contributed by atoms with Crippen molar-refractivity contribution in [1.29, 1.82) is 0 Å². The Morgan fingerprint density at radius 2 is 1.83 bits per heavy atom. The third-order valence-corrected chi connectivity index (χ3v) is 3.80. The van der Waals surface area contributed by atoms with Crippen LogP contribution in [0, 0.1) is 0 Å². The molecule has 0 spiro atoms. The van der Waals surface area contributed by atoms with Gasteiger partial charge in [-0.2, -0.15) is 0 Å². The summed E-state index contributed by atoms with van der Waals surface area (Å²) in [5, 5.41) is 0. The van der Waals surface area contributed by atoms with E-state index in [1.807, 2.05) is 12.1 Å². The lowest BCUT2D eigenvalue weighted by atomic mass is 10.0. The Bertz CT molecular complexity index is 399. The molecule has 0 aliphatic rings. The average molecular weight is 317 g/mol. The predicted octanol–water partition coefficient (Wildman–Crippen LogP) is 2.42. The second-order valence-corrected chi connectivity index (χ2v) is 4.91. The molecular weight excluding hydrogens is 296 g/mol. The van der Waals surface area contributed by atoms with Crippen LogP contribution in [0.1, 0.15) is 18.5 Å². The van der Waals surface area contributed by atoms with Crippen LogP contribution >= 0.6 is 15.9 Å². The fourth-order valence-electron chi connectivity index (χ4n) is 1.89. The summed E-state index contributed by atoms with van der Waals surface area (Å²) in [6.45, 7) is 3.60. The summed E-state index contributed by atoms with van der Waals surface area (Å²) >= 11 is 3.57. The van der Waals surface area contributed by atoms with Gasteiger partial charge in [0.25, 0.3) is 0 Å². The molecule has 0 bridgehead atoms. The maximum atomic E-state index is 5.88. The van der Waals surface area contributed by atoms with E-state index in [0.29, 0.717) is 12.3 Å². The highest BCUT2D eigenvalue weighted by molar-refractivity contribution is 9.10. The zero-order chi connectivity index (χ0) is 13.7. The molecule has 18 heavy (non-hydrogen) atoms. The summed E-state index contributed by atoms with van der Waals surface area (Å²) in [5.74, 6) is 1.43. The van der Waals surface area contributed by atoms with E-state index in [0.717, 1.165) is 22.3 Å². The number of halogens is 1. The van der Waals surface area contributed by atoms with E-state index in [2.05, 4.69) is 34.8 Å². The van der Waals surface area contributed by atoms with Gasteiger partial charge in [-0.15, -0.1) is 0 Å². The summed E-state index contributed by atoms with van der Waals surface area (Å²) in [6.07, 6.45) is 0. The van der Waals surface area contributed by atoms with Crippen molar-refractivity contribution in [2.24, 2.45) is 5.73 Å². The highest BCUT2D eigenvalue weighted by atomic mass is 79.9. The Morgan fingerprint density at radius 3 is 2.28 bits per heavy atom. The first kappa shape index (κ1) is 15.3. The summed E-state index contributed by atoms with van der Waals surface area (Å²) in [6, 6.07) is 4.05. The predicted molar refractivity (Wildman–Crippen MR) is 77.3 cm³/mol. The molecule has 4 nitrogen and oxygen atoms in total. The molecule has 0 radical (unpaired) electrons. The number of nitrogens with two attached hydrogens (primary N) is 1. The SMILES string of the molecule is CCN(C)C(CN)c1cc(OC)c(OC)cc1Br. The molecule has 0 saturated carbocycles. The van der Waals surface area contributed by atoms with Gasteiger partial charge in [0, 0.05) is 17.1 Å². The summed E-state index contributed by atoms with van der Waals surface area (Å²) in [7, 11) is 5.32. The average Bonchev–Trinajstić information content (AvgIpc) is 2.40. The molecule has 0 aliphatic heterocycles. The van der Waals surface area contributed by atoms with Gasteiger partial charge >= 0.3 is 0 Å². The van der Waals surface area contributed by atoms with Crippen molar-refractivity contribution >= 4 is 15.9 Å². The Morgan fingerprint density at radius 1 is 1.28 bits per heavy atom. The standard InChI is InChI=1S/C13H21BrN2O2/c1-5-16(2)11(8-15)9-6-12(17-3)13(18-4)7-10(9)14/h6-7,11H,5,8,15H2,1-4H3. The quantitative estimate of drug-likeness (QED) is 0.875. The van der Waals surface area contributed by atoms with E-state index < -0.39 is 0 Å². The zero-order valence-electron chi connectivity index (χ0n) is 11.4. The number of nitrogens with zero attached hydrogens (tertiary/aromatic N) is 1. The maximum absolute atomic E-state index is 5.88. The smallest absolute Gasteiger partial charge is 0.161 e. The van der Waals surface area contributed by atoms with E-state index in [1.165, 1.54) is 0 Å². The second-order valence-electron chi connectivity index (χ2n) is 4.05. The van der Waals surface area contributed by atoms with Gasteiger partial charge in [-0.1, -0.05) is 22.9 Å². The molecule has 0 amide bonds. The molecule has 0 aromatic heterocycles. The van der Waals surface area contributed by atoms with Crippen LogP contribution in [0.15, 0.2) is 16.6 Å². The molecule has 0 saturated heterocycles. The number of rotatable bonds is 6. The van der Waals surface area contributed by atoms with Crippen molar-refractivity contribution in [3.05, 3.63) is 22.2 Å². The summed E-state index contributed by atoms with van der Waals surface area (Å²) in [5.41, 5.74) is 6.99. The number of ether oxygens (including phenoxy) is 2. The highest BCUT2D eigenvalue weighted by Crippen LogP contribution is 2.37. The van der Waals surface area contributed by atoms with Crippen molar-refractivity contribution in [3.8, 4) is 11.5 Å². The minimum absolute atomic E-state index is 0.157. The Kier molecular flexibility index (Phi) is 5.91. The van der Waals surface area contributed by atoms with Gasteiger partial charge in [-0.05, 0) is 31.3 Å². The minimum Gasteiger partial charge on any atom is -0.493 e. The third kappa shape index (κ3) is 3.16. The van der Waals surface area contributed by atoms with Crippen LogP contribution in [0.3, 0.4) is 0 Å². The molecule has 0 aliphatic carbocycles. The van der Waals surface area contributed by atoms with Crippen molar-refractivity contribution < 1.29 is 9.47 Å². The summed E-state index contributed by atoms with van der Waals surface area (Å²) in [4.78, 5) is 2.20. The lowest BCUT2D eigenvalue weighted by Crippen LogP contribution is -2.30. The largest absolute Gasteiger partial charge is 0.493 e. The molecular formula is C13H21BrN2O2. The lowest BCUT2D eigenvalue weighted by molar-refractivity contribution is 0.261. The van der Waals surface area contributed by atoms with Crippen LogP contribution in [-0.2, 0) is 0 Å². The maximum Gasteiger partial charge on any atom is 0.161 e. The first-order valence-electron chi connectivity index (χ1n) is 5.90. The molecule has 102 valence electrons. The van der Waals surface area contributed by atoms with Gasteiger partial charge in [0.05, 0.1) is 14.2 Å². The fraction of sp³-hybridized carbons (Fsp3) is 0.538. The van der Waals surface area contributed by atoms with Crippen LogP contribution in [0.5, 0.6) is 11.5 Å².